The van der Waals surface area contributed by atoms with Crippen LogP contribution in [0.1, 0.15) is 20.8 Å². The number of aliphatic imine (C=N–C) groups is 1. The van der Waals surface area contributed by atoms with Crippen molar-refractivity contribution in [3.05, 3.63) is 36.5 Å². The Morgan fingerprint density at radius 2 is 2.08 bits per heavy atom. The number of allylic oxidation sites excluding steroid dienone is 4. The molecule has 0 unspecified atom stereocenters. The predicted molar refractivity (Wildman–Crippen MR) is 59.2 cm³/mol. The normalized spacial score (nSPS) is 30.7. The van der Waals surface area contributed by atoms with E-state index in [-0.39, 0.29) is 5.41 Å². The van der Waals surface area contributed by atoms with Gasteiger partial charge in [-0.05, 0) is 12.5 Å². The van der Waals surface area contributed by atoms with Gasteiger partial charge in [-0.25, -0.2) is 0 Å². The van der Waals surface area contributed by atoms with Crippen molar-refractivity contribution < 1.29 is 0 Å². The number of hydrogen-bond donors (Lipinski definition) is 0. The molecule has 0 amide bonds. The van der Waals surface area contributed by atoms with Gasteiger partial charge in [-0.1, -0.05) is 44.7 Å². The molecule has 0 aromatic rings. The van der Waals surface area contributed by atoms with Gasteiger partial charge in [-0.15, -0.1) is 0 Å². The fourth-order valence-corrected chi connectivity index (χ4v) is 1.14. The quantitative estimate of drug-likeness (QED) is 0.536. The molecule has 0 spiro atoms. The summed E-state index contributed by atoms with van der Waals surface area (Å²) in [5.41, 5.74) is 2.25. The van der Waals surface area contributed by atoms with E-state index >= 15 is 0 Å². The lowest BCUT2D eigenvalue weighted by Gasteiger charge is -2.25. The summed E-state index contributed by atoms with van der Waals surface area (Å²) in [4.78, 5) is 4.48. The molecule has 0 atom stereocenters. The Bertz CT molecular complexity index is 286. The molecule has 0 aliphatic carbocycles. The highest BCUT2D eigenvalue weighted by molar-refractivity contribution is 5.90. The molecule has 1 nitrogen and oxygen atoms in total. The molecular formula is C12H17N. The Labute approximate surface area is 80.6 Å². The highest BCUT2D eigenvalue weighted by Gasteiger charge is 2.23. The van der Waals surface area contributed by atoms with Crippen molar-refractivity contribution in [3.63, 3.8) is 0 Å². The van der Waals surface area contributed by atoms with E-state index in [1.807, 2.05) is 12.2 Å². The van der Waals surface area contributed by atoms with Crippen LogP contribution in [-0.2, 0) is 0 Å². The summed E-state index contributed by atoms with van der Waals surface area (Å²) in [5, 5.41) is 0. The van der Waals surface area contributed by atoms with Crippen LogP contribution in [0.3, 0.4) is 0 Å². The second-order valence-corrected chi connectivity index (χ2v) is 3.86. The maximum atomic E-state index is 4.48. The molecule has 1 aliphatic rings. The Kier molecular flexibility index (Phi) is 2.86. The van der Waals surface area contributed by atoms with Gasteiger partial charge in [0.15, 0.2) is 0 Å². The van der Waals surface area contributed by atoms with Crippen molar-refractivity contribution in [1.82, 2.24) is 0 Å². The molecule has 1 heterocycles. The van der Waals surface area contributed by atoms with Crippen LogP contribution in [0.15, 0.2) is 41.4 Å². The fourth-order valence-electron chi connectivity index (χ4n) is 1.14. The Morgan fingerprint density at radius 1 is 1.38 bits per heavy atom. The first-order valence-corrected chi connectivity index (χ1v) is 4.59. The topological polar surface area (TPSA) is 12.4 Å². The predicted octanol–water partition coefficient (Wildman–Crippen LogP) is 3.16. The van der Waals surface area contributed by atoms with Crippen LogP contribution in [0.2, 0.25) is 0 Å². The van der Waals surface area contributed by atoms with Crippen LogP contribution in [0.4, 0.5) is 0 Å². The average molecular weight is 175 g/mol. The standard InChI is InChI=1S/C12H17N/c1-10-8-6-5-7-9-13-11(2)12(10,3)4/h5-8H,1,9H2,2-4H3/b7-5-,8-6-,13-11-. The van der Waals surface area contributed by atoms with E-state index in [1.165, 1.54) is 0 Å². The van der Waals surface area contributed by atoms with Crippen molar-refractivity contribution in [3.8, 4) is 0 Å². The second kappa shape index (κ2) is 3.73. The van der Waals surface area contributed by atoms with Gasteiger partial charge in [0.1, 0.15) is 0 Å². The van der Waals surface area contributed by atoms with Crippen LogP contribution < -0.4 is 0 Å². The molecule has 0 bridgehead atoms. The van der Waals surface area contributed by atoms with Gasteiger partial charge in [0.2, 0.25) is 0 Å². The summed E-state index contributed by atoms with van der Waals surface area (Å²) in [5.74, 6) is 0. The van der Waals surface area contributed by atoms with Crippen molar-refractivity contribution >= 4 is 5.71 Å². The summed E-state index contributed by atoms with van der Waals surface area (Å²) >= 11 is 0. The molecular weight excluding hydrogens is 158 g/mol. The van der Waals surface area contributed by atoms with Crippen molar-refractivity contribution in [2.45, 2.75) is 20.8 Å². The number of hydrogen-bond acceptors (Lipinski definition) is 1. The summed E-state index contributed by atoms with van der Waals surface area (Å²) in [6, 6.07) is 0. The highest BCUT2D eigenvalue weighted by Crippen LogP contribution is 2.28. The lowest BCUT2D eigenvalue weighted by molar-refractivity contribution is 0.640. The Balaban J connectivity index is 3.05. The van der Waals surface area contributed by atoms with E-state index in [0.29, 0.717) is 0 Å². The van der Waals surface area contributed by atoms with Crippen LogP contribution >= 0.6 is 0 Å². The van der Waals surface area contributed by atoms with Crippen molar-refractivity contribution in [2.75, 3.05) is 6.54 Å². The molecule has 0 saturated carbocycles. The first kappa shape index (κ1) is 9.97. The molecule has 13 heavy (non-hydrogen) atoms. The highest BCUT2D eigenvalue weighted by atomic mass is 14.7. The molecule has 0 saturated heterocycles. The van der Waals surface area contributed by atoms with Crippen molar-refractivity contribution in [2.24, 2.45) is 10.4 Å². The third kappa shape index (κ3) is 2.18. The Hall–Kier alpha value is -1.11. The zero-order chi connectivity index (χ0) is 9.90. The molecule has 0 aromatic carbocycles. The van der Waals surface area contributed by atoms with E-state index in [2.05, 4.69) is 44.5 Å². The van der Waals surface area contributed by atoms with Gasteiger partial charge in [-0.3, -0.25) is 4.99 Å². The smallest absolute Gasteiger partial charge is 0.0572 e. The zero-order valence-electron chi connectivity index (χ0n) is 8.67. The SMILES string of the molecule is C=C1/C=C\C=C/C/N=C(/C)C1(C)C. The molecule has 1 heteroatoms. The van der Waals surface area contributed by atoms with Crippen LogP contribution in [0.5, 0.6) is 0 Å². The van der Waals surface area contributed by atoms with Crippen molar-refractivity contribution in [1.29, 1.82) is 0 Å². The van der Waals surface area contributed by atoms with Gasteiger partial charge in [0.25, 0.3) is 0 Å². The van der Waals surface area contributed by atoms with E-state index in [9.17, 15) is 0 Å². The summed E-state index contributed by atoms with van der Waals surface area (Å²) in [6.45, 7) is 11.2. The van der Waals surface area contributed by atoms with Gasteiger partial charge >= 0.3 is 0 Å². The molecule has 0 aromatic heterocycles. The third-order valence-electron chi connectivity index (χ3n) is 2.69. The average Bonchev–Trinajstić information content (AvgIpc) is 2.12. The van der Waals surface area contributed by atoms with Gasteiger partial charge in [0, 0.05) is 11.1 Å². The lowest BCUT2D eigenvalue weighted by atomic mass is 9.80. The summed E-state index contributed by atoms with van der Waals surface area (Å²) in [7, 11) is 0. The molecule has 0 radical (unpaired) electrons. The monoisotopic (exact) mass is 175 g/mol. The van der Waals surface area contributed by atoms with E-state index in [1.54, 1.807) is 0 Å². The van der Waals surface area contributed by atoms with E-state index < -0.39 is 0 Å². The maximum absolute atomic E-state index is 4.48. The van der Waals surface area contributed by atoms with Crippen LogP contribution in [-0.4, -0.2) is 12.3 Å². The second-order valence-electron chi connectivity index (χ2n) is 3.86. The summed E-state index contributed by atoms with van der Waals surface area (Å²) < 4.78 is 0. The first-order valence-electron chi connectivity index (χ1n) is 4.59. The minimum Gasteiger partial charge on any atom is -0.289 e. The molecule has 1 aliphatic heterocycles. The lowest BCUT2D eigenvalue weighted by Crippen LogP contribution is -2.23. The van der Waals surface area contributed by atoms with Gasteiger partial charge in [-0.2, -0.15) is 0 Å². The third-order valence-corrected chi connectivity index (χ3v) is 2.69. The van der Waals surface area contributed by atoms with Gasteiger partial charge in [0.05, 0.1) is 6.54 Å². The minimum absolute atomic E-state index is 0.0114. The maximum Gasteiger partial charge on any atom is 0.0572 e. The number of nitrogens with zero attached hydrogens (tertiary/aromatic N) is 1. The molecule has 0 fully saturated rings. The number of rotatable bonds is 0. The fraction of sp³-hybridized carbons (Fsp3) is 0.417. The van der Waals surface area contributed by atoms with Crippen LogP contribution in [0.25, 0.3) is 0 Å². The van der Waals surface area contributed by atoms with Crippen LogP contribution in [0, 0.1) is 5.41 Å². The Morgan fingerprint density at radius 3 is 2.77 bits per heavy atom. The molecule has 70 valence electrons. The van der Waals surface area contributed by atoms with E-state index in [4.69, 9.17) is 0 Å². The van der Waals surface area contributed by atoms with E-state index in [0.717, 1.165) is 17.8 Å². The van der Waals surface area contributed by atoms with Gasteiger partial charge < -0.3 is 0 Å². The summed E-state index contributed by atoms with van der Waals surface area (Å²) in [6.07, 6.45) is 8.15. The first-order chi connectivity index (χ1) is 6.05. The minimum atomic E-state index is -0.0114. The molecule has 1 rings (SSSR count). The zero-order valence-corrected chi connectivity index (χ0v) is 8.67. The largest absolute Gasteiger partial charge is 0.289 e. The molecule has 0 N–H and O–H groups in total.